The van der Waals surface area contributed by atoms with Gasteiger partial charge < -0.3 is 34.1 Å². The Kier molecular flexibility index (Phi) is 5.79. The minimum atomic E-state index is -0.537. The van der Waals surface area contributed by atoms with Gasteiger partial charge in [-0.1, -0.05) is 18.2 Å². The molecule has 0 aromatic heterocycles. The fraction of sp³-hybridized carbons (Fsp3) is 0.321. The Morgan fingerprint density at radius 3 is 2.35 bits per heavy atom. The Bertz CT molecular complexity index is 1350. The van der Waals surface area contributed by atoms with Gasteiger partial charge in [0.25, 0.3) is 0 Å². The van der Waals surface area contributed by atoms with Gasteiger partial charge in [0, 0.05) is 30.0 Å². The van der Waals surface area contributed by atoms with Crippen molar-refractivity contribution in [1.82, 2.24) is 5.32 Å². The molecule has 1 unspecified atom stereocenters. The van der Waals surface area contributed by atoms with E-state index in [4.69, 9.17) is 23.7 Å². The number of esters is 1. The highest BCUT2D eigenvalue weighted by Gasteiger charge is 2.52. The number of rotatable bonds is 6. The highest BCUT2D eigenvalue weighted by molar-refractivity contribution is 5.79. The number of nitrogens with one attached hydrogen (secondary N) is 1. The van der Waals surface area contributed by atoms with E-state index in [1.165, 1.54) is 20.3 Å². The molecular formula is C28H26FNO7. The van der Waals surface area contributed by atoms with Crippen molar-refractivity contribution in [2.75, 3.05) is 27.6 Å². The van der Waals surface area contributed by atoms with Crippen LogP contribution in [0.4, 0.5) is 4.39 Å². The van der Waals surface area contributed by atoms with Crippen molar-refractivity contribution in [2.24, 2.45) is 11.8 Å². The van der Waals surface area contributed by atoms with E-state index in [2.05, 4.69) is 5.32 Å². The number of hydrogen-bond acceptors (Lipinski definition) is 8. The fourth-order valence-electron chi connectivity index (χ4n) is 5.78. The zero-order chi connectivity index (χ0) is 25.7. The van der Waals surface area contributed by atoms with Gasteiger partial charge in [-0.05, 0) is 47.0 Å². The molecule has 0 radical (unpaired) electrons. The van der Waals surface area contributed by atoms with Crippen LogP contribution in [0.25, 0.3) is 0 Å². The lowest BCUT2D eigenvalue weighted by molar-refractivity contribution is -0.141. The van der Waals surface area contributed by atoms with Crippen LogP contribution in [-0.2, 0) is 16.1 Å². The number of fused-ring (bicyclic) bond motifs is 3. The molecule has 2 aliphatic heterocycles. The van der Waals surface area contributed by atoms with Crippen LogP contribution < -0.4 is 24.3 Å². The fourth-order valence-corrected chi connectivity index (χ4v) is 5.78. The van der Waals surface area contributed by atoms with E-state index in [0.717, 1.165) is 16.7 Å². The van der Waals surface area contributed by atoms with Crippen LogP contribution in [0.3, 0.4) is 0 Å². The predicted molar refractivity (Wildman–Crippen MR) is 130 cm³/mol. The van der Waals surface area contributed by atoms with Crippen LogP contribution in [0, 0.1) is 17.7 Å². The van der Waals surface area contributed by atoms with Crippen LogP contribution in [0.15, 0.2) is 48.5 Å². The van der Waals surface area contributed by atoms with E-state index in [-0.39, 0.29) is 60.9 Å². The summed E-state index contributed by atoms with van der Waals surface area (Å²) >= 11 is 0. The predicted octanol–water partition coefficient (Wildman–Crippen LogP) is 4.04. The monoisotopic (exact) mass is 507 g/mol. The molecule has 2 N–H and O–H groups in total. The van der Waals surface area contributed by atoms with Crippen molar-refractivity contribution in [1.29, 1.82) is 0 Å². The average Bonchev–Trinajstić information content (AvgIpc) is 3.53. The van der Waals surface area contributed by atoms with Gasteiger partial charge in [-0.25, -0.2) is 4.39 Å². The third-order valence-electron chi connectivity index (χ3n) is 7.52. The molecule has 9 heteroatoms. The summed E-state index contributed by atoms with van der Waals surface area (Å²) in [6.45, 7) is 0.593. The molecule has 3 aromatic rings. The molecule has 0 amide bonds. The zero-order valence-electron chi connectivity index (χ0n) is 20.3. The number of carbonyl (C=O) groups excluding carboxylic acids is 1. The Morgan fingerprint density at radius 2 is 1.68 bits per heavy atom. The number of cyclic esters (lactones) is 1. The van der Waals surface area contributed by atoms with Crippen LogP contribution in [-0.4, -0.2) is 38.7 Å². The molecular weight excluding hydrogens is 481 g/mol. The first-order valence-corrected chi connectivity index (χ1v) is 12.0. The number of phenolic OH excluding ortho intramolecular Hbond substituents is 1. The number of halogens is 1. The lowest BCUT2D eigenvalue weighted by Crippen LogP contribution is -2.40. The lowest BCUT2D eigenvalue weighted by Gasteiger charge is -2.39. The number of carbonyl (C=O) groups is 1. The summed E-state index contributed by atoms with van der Waals surface area (Å²) in [4.78, 5) is 13.2. The molecule has 1 saturated heterocycles. The summed E-state index contributed by atoms with van der Waals surface area (Å²) < 4.78 is 42.2. The number of hydrogen-bond donors (Lipinski definition) is 2. The van der Waals surface area contributed by atoms with Crippen molar-refractivity contribution >= 4 is 5.97 Å². The molecule has 37 heavy (non-hydrogen) atoms. The van der Waals surface area contributed by atoms with Gasteiger partial charge in [0.2, 0.25) is 12.5 Å². The summed E-state index contributed by atoms with van der Waals surface area (Å²) in [7, 11) is 2.92. The van der Waals surface area contributed by atoms with Crippen molar-refractivity contribution in [3.8, 4) is 28.7 Å². The summed E-state index contributed by atoms with van der Waals surface area (Å²) in [5.41, 5.74) is 3.02. The highest BCUT2D eigenvalue weighted by atomic mass is 19.1. The second kappa shape index (κ2) is 9.15. The molecule has 2 heterocycles. The molecule has 1 fully saturated rings. The van der Waals surface area contributed by atoms with Gasteiger partial charge in [-0.15, -0.1) is 0 Å². The van der Waals surface area contributed by atoms with Gasteiger partial charge in [0.05, 0.1) is 26.7 Å². The average molecular weight is 508 g/mol. The lowest BCUT2D eigenvalue weighted by atomic mass is 9.65. The minimum Gasteiger partial charge on any atom is -0.502 e. The van der Waals surface area contributed by atoms with Crippen LogP contribution >= 0.6 is 0 Å². The van der Waals surface area contributed by atoms with E-state index in [9.17, 15) is 14.3 Å². The number of ether oxygens (including phenoxy) is 5. The van der Waals surface area contributed by atoms with Gasteiger partial charge in [0.1, 0.15) is 5.82 Å². The Hall–Kier alpha value is -3.98. The maximum absolute atomic E-state index is 14.4. The SMILES string of the molecule is COc1cc([C@@H]2c3cc4c(cc3[C@@H](NCc3ccccc3F)C3COC(=O)[C@@H]32)OCO4)cc(OC)c1O. The first-order chi connectivity index (χ1) is 18.0. The molecule has 0 bridgehead atoms. The largest absolute Gasteiger partial charge is 0.502 e. The maximum atomic E-state index is 14.4. The first kappa shape index (κ1) is 23.4. The van der Waals surface area contributed by atoms with E-state index < -0.39 is 11.8 Å². The molecule has 3 aliphatic rings. The van der Waals surface area contributed by atoms with Crippen molar-refractivity contribution in [3.05, 3.63) is 76.6 Å². The van der Waals surface area contributed by atoms with Gasteiger partial charge in [-0.3, -0.25) is 4.79 Å². The van der Waals surface area contributed by atoms with Gasteiger partial charge >= 0.3 is 5.97 Å². The number of phenols is 1. The Morgan fingerprint density at radius 1 is 1.00 bits per heavy atom. The number of aromatic hydroxyl groups is 1. The third kappa shape index (κ3) is 3.81. The quantitative estimate of drug-likeness (QED) is 0.483. The Balaban J connectivity index is 1.50. The summed E-state index contributed by atoms with van der Waals surface area (Å²) in [5, 5.41) is 14.0. The molecule has 4 atom stereocenters. The third-order valence-corrected chi connectivity index (χ3v) is 7.52. The summed E-state index contributed by atoms with van der Waals surface area (Å²) in [6, 6.07) is 13.6. The topological polar surface area (TPSA) is 95.5 Å². The van der Waals surface area contributed by atoms with Crippen molar-refractivity contribution < 1.29 is 38.0 Å². The molecule has 192 valence electrons. The Labute approximate surface area is 212 Å². The maximum Gasteiger partial charge on any atom is 0.310 e. The van der Waals surface area contributed by atoms with Gasteiger partial charge in [-0.2, -0.15) is 0 Å². The zero-order valence-corrected chi connectivity index (χ0v) is 20.3. The second-order valence-corrected chi connectivity index (χ2v) is 9.36. The molecule has 1 aliphatic carbocycles. The molecule has 0 saturated carbocycles. The molecule has 0 spiro atoms. The first-order valence-electron chi connectivity index (χ1n) is 12.0. The highest BCUT2D eigenvalue weighted by Crippen LogP contribution is 2.55. The van der Waals surface area contributed by atoms with Crippen molar-refractivity contribution in [2.45, 2.75) is 18.5 Å². The van der Waals surface area contributed by atoms with E-state index in [1.807, 2.05) is 12.1 Å². The molecule has 8 nitrogen and oxygen atoms in total. The standard InChI is InChI=1S/C28H26FNO7/c1-33-22-7-15(8-23(34-2)27(22)31)24-16-9-20-21(37-13-36-20)10-17(16)26(18-12-35-28(32)25(18)24)30-11-14-5-3-4-6-19(14)29/h3-10,18,24-26,30-31H,11-13H2,1-2H3/t18?,24-,25+,26-/m1/s1. The van der Waals surface area contributed by atoms with Crippen molar-refractivity contribution in [3.63, 3.8) is 0 Å². The van der Waals surface area contributed by atoms with Crippen LogP contribution in [0.5, 0.6) is 28.7 Å². The van der Waals surface area contributed by atoms with E-state index in [1.54, 1.807) is 30.3 Å². The number of methoxy groups -OCH3 is 2. The molecule has 3 aromatic carbocycles. The van der Waals surface area contributed by atoms with Crippen LogP contribution in [0.2, 0.25) is 0 Å². The normalized spacial score (nSPS) is 23.3. The molecule has 6 rings (SSSR count). The van der Waals surface area contributed by atoms with Gasteiger partial charge in [0.15, 0.2) is 23.0 Å². The van der Waals surface area contributed by atoms with E-state index in [0.29, 0.717) is 17.1 Å². The number of benzene rings is 3. The summed E-state index contributed by atoms with van der Waals surface area (Å²) in [6.07, 6.45) is 0. The second-order valence-electron chi connectivity index (χ2n) is 9.36. The van der Waals surface area contributed by atoms with E-state index >= 15 is 0 Å². The summed E-state index contributed by atoms with van der Waals surface area (Å²) in [5.74, 6) is -0.273. The minimum absolute atomic E-state index is 0.103. The smallest absolute Gasteiger partial charge is 0.310 e. The van der Waals surface area contributed by atoms with Crippen LogP contribution in [0.1, 0.15) is 34.2 Å².